The number of amides is 1. The summed E-state index contributed by atoms with van der Waals surface area (Å²) in [5, 5.41) is 0. The van der Waals surface area contributed by atoms with Crippen LogP contribution in [0.2, 0.25) is 0 Å². The van der Waals surface area contributed by atoms with Crippen molar-refractivity contribution in [2.24, 2.45) is 5.92 Å². The van der Waals surface area contributed by atoms with Gasteiger partial charge < -0.3 is 28.7 Å². The van der Waals surface area contributed by atoms with Gasteiger partial charge in [-0.25, -0.2) is 9.59 Å². The molecule has 2 heterocycles. The SMILES string of the molecule is CCOC(=O)C1CCCN(C(=O)c2ccccc2N2COCC(C(=O)OC)=C2C(=O)OC)C1. The van der Waals surface area contributed by atoms with Gasteiger partial charge >= 0.3 is 17.9 Å². The second-order valence-corrected chi connectivity index (χ2v) is 7.58. The number of likely N-dealkylation sites (tertiary alicyclic amines) is 1. The summed E-state index contributed by atoms with van der Waals surface area (Å²) in [6, 6.07) is 6.71. The zero-order chi connectivity index (χ0) is 24.0. The van der Waals surface area contributed by atoms with Crippen molar-refractivity contribution >= 4 is 29.5 Å². The van der Waals surface area contributed by atoms with Crippen LogP contribution in [0, 0.1) is 5.92 Å². The highest BCUT2D eigenvalue weighted by Crippen LogP contribution is 2.31. The number of benzene rings is 1. The third-order valence-corrected chi connectivity index (χ3v) is 5.59. The Kier molecular flexibility index (Phi) is 8.05. The Labute approximate surface area is 192 Å². The molecule has 0 aliphatic carbocycles. The van der Waals surface area contributed by atoms with E-state index in [-0.39, 0.29) is 55.6 Å². The molecule has 0 aromatic heterocycles. The molecule has 1 aromatic rings. The predicted molar refractivity (Wildman–Crippen MR) is 116 cm³/mol. The van der Waals surface area contributed by atoms with Crippen LogP contribution >= 0.6 is 0 Å². The number of hydrogen-bond acceptors (Lipinski definition) is 9. The van der Waals surface area contributed by atoms with Crippen molar-refractivity contribution in [3.63, 3.8) is 0 Å². The zero-order valence-corrected chi connectivity index (χ0v) is 19.0. The average molecular weight is 460 g/mol. The van der Waals surface area contributed by atoms with E-state index in [2.05, 4.69) is 0 Å². The molecule has 0 spiro atoms. The first-order valence-electron chi connectivity index (χ1n) is 10.7. The van der Waals surface area contributed by atoms with Crippen LogP contribution in [0.25, 0.3) is 0 Å². The number of methoxy groups -OCH3 is 2. The largest absolute Gasteiger partial charge is 0.466 e. The minimum absolute atomic E-state index is 0.00167. The van der Waals surface area contributed by atoms with Crippen LogP contribution in [-0.4, -0.2) is 76.0 Å². The lowest BCUT2D eigenvalue weighted by Crippen LogP contribution is -2.44. The Morgan fingerprint density at radius 1 is 1.09 bits per heavy atom. The summed E-state index contributed by atoms with van der Waals surface area (Å²) in [5.41, 5.74) is 0.637. The molecule has 178 valence electrons. The van der Waals surface area contributed by atoms with Gasteiger partial charge in [-0.05, 0) is 31.9 Å². The van der Waals surface area contributed by atoms with E-state index in [4.69, 9.17) is 18.9 Å². The summed E-state index contributed by atoms with van der Waals surface area (Å²) >= 11 is 0. The number of carbonyl (C=O) groups excluding carboxylic acids is 4. The highest BCUT2D eigenvalue weighted by molar-refractivity contribution is 6.06. The van der Waals surface area contributed by atoms with Crippen LogP contribution in [0.15, 0.2) is 35.5 Å². The lowest BCUT2D eigenvalue weighted by atomic mass is 9.97. The van der Waals surface area contributed by atoms with Crippen LogP contribution < -0.4 is 4.90 Å². The number of esters is 3. The maximum absolute atomic E-state index is 13.5. The van der Waals surface area contributed by atoms with Gasteiger partial charge in [0.25, 0.3) is 5.91 Å². The topological polar surface area (TPSA) is 112 Å². The van der Waals surface area contributed by atoms with Gasteiger partial charge in [-0.2, -0.15) is 0 Å². The van der Waals surface area contributed by atoms with Crippen LogP contribution in [-0.2, 0) is 33.3 Å². The number of anilines is 1. The summed E-state index contributed by atoms with van der Waals surface area (Å²) in [6.07, 6.45) is 1.33. The number of carbonyl (C=O) groups is 4. The fraction of sp³-hybridized carbons (Fsp3) is 0.478. The summed E-state index contributed by atoms with van der Waals surface area (Å²) in [5.74, 6) is -2.47. The van der Waals surface area contributed by atoms with Crippen molar-refractivity contribution in [3.8, 4) is 0 Å². The molecule has 2 aliphatic heterocycles. The first kappa shape index (κ1) is 24.2. The Bertz CT molecular complexity index is 958. The number of piperidine rings is 1. The van der Waals surface area contributed by atoms with Crippen LogP contribution in [0.3, 0.4) is 0 Å². The quantitative estimate of drug-likeness (QED) is 0.460. The van der Waals surface area contributed by atoms with E-state index in [1.165, 1.54) is 19.1 Å². The van der Waals surface area contributed by atoms with Crippen molar-refractivity contribution in [2.45, 2.75) is 19.8 Å². The minimum atomic E-state index is -0.749. The first-order chi connectivity index (χ1) is 15.9. The summed E-state index contributed by atoms with van der Waals surface area (Å²) in [6.45, 7) is 2.57. The van der Waals surface area contributed by atoms with Gasteiger partial charge in [0.2, 0.25) is 0 Å². The fourth-order valence-corrected chi connectivity index (χ4v) is 4.01. The van der Waals surface area contributed by atoms with Crippen molar-refractivity contribution in [1.29, 1.82) is 0 Å². The Morgan fingerprint density at radius 2 is 1.82 bits per heavy atom. The van der Waals surface area contributed by atoms with E-state index < -0.39 is 11.9 Å². The van der Waals surface area contributed by atoms with Gasteiger partial charge in [0.15, 0.2) is 0 Å². The molecule has 1 aromatic carbocycles. The van der Waals surface area contributed by atoms with Crippen LogP contribution in [0.4, 0.5) is 5.69 Å². The molecule has 1 amide bonds. The van der Waals surface area contributed by atoms with E-state index >= 15 is 0 Å². The highest BCUT2D eigenvalue weighted by atomic mass is 16.5. The number of ether oxygens (including phenoxy) is 4. The normalized spacial score (nSPS) is 18.6. The molecule has 33 heavy (non-hydrogen) atoms. The summed E-state index contributed by atoms with van der Waals surface area (Å²) in [4.78, 5) is 53.6. The standard InChI is InChI=1S/C23H28N2O8/c1-4-33-21(27)15-8-7-11-24(12-15)20(26)16-9-5-6-10-18(16)25-14-32-13-17(22(28)30-2)19(25)23(29)31-3/h5-6,9-10,15H,4,7-8,11-14H2,1-3H3. The molecule has 0 N–H and O–H groups in total. The Morgan fingerprint density at radius 3 is 2.52 bits per heavy atom. The maximum Gasteiger partial charge on any atom is 0.355 e. The van der Waals surface area contributed by atoms with Crippen molar-refractivity contribution < 1.29 is 38.1 Å². The lowest BCUT2D eigenvalue weighted by Gasteiger charge is -2.35. The molecule has 0 bridgehead atoms. The lowest BCUT2D eigenvalue weighted by molar-refractivity contribution is -0.149. The first-order valence-corrected chi connectivity index (χ1v) is 10.7. The smallest absolute Gasteiger partial charge is 0.355 e. The minimum Gasteiger partial charge on any atom is -0.466 e. The van der Waals surface area contributed by atoms with Crippen molar-refractivity contribution in [1.82, 2.24) is 4.90 Å². The predicted octanol–water partition coefficient (Wildman–Crippen LogP) is 1.50. The number of hydrogen-bond donors (Lipinski definition) is 0. The van der Waals surface area contributed by atoms with Crippen molar-refractivity contribution in [2.75, 3.05) is 52.2 Å². The fourth-order valence-electron chi connectivity index (χ4n) is 4.01. The van der Waals surface area contributed by atoms with E-state index in [0.717, 1.165) is 0 Å². The Balaban J connectivity index is 1.97. The van der Waals surface area contributed by atoms with Gasteiger partial charge in [0, 0.05) is 13.1 Å². The van der Waals surface area contributed by atoms with Crippen LogP contribution in [0.1, 0.15) is 30.1 Å². The Hall–Kier alpha value is -3.40. The van der Waals surface area contributed by atoms with E-state index in [0.29, 0.717) is 30.6 Å². The molecule has 10 nitrogen and oxygen atoms in total. The van der Waals surface area contributed by atoms with E-state index in [1.807, 2.05) is 0 Å². The molecular formula is C23H28N2O8. The molecule has 10 heteroatoms. The molecule has 0 radical (unpaired) electrons. The van der Waals surface area contributed by atoms with Crippen molar-refractivity contribution in [3.05, 3.63) is 41.1 Å². The van der Waals surface area contributed by atoms with Gasteiger partial charge in [0.1, 0.15) is 12.4 Å². The number of para-hydroxylation sites is 1. The second kappa shape index (κ2) is 11.0. The summed E-state index contributed by atoms with van der Waals surface area (Å²) < 4.78 is 20.3. The number of rotatable bonds is 6. The molecule has 1 fully saturated rings. The molecule has 0 saturated carbocycles. The third kappa shape index (κ3) is 5.16. The second-order valence-electron chi connectivity index (χ2n) is 7.58. The summed E-state index contributed by atoms with van der Waals surface area (Å²) in [7, 11) is 2.41. The van der Waals surface area contributed by atoms with Gasteiger partial charge in [-0.3, -0.25) is 9.59 Å². The van der Waals surface area contributed by atoms with Gasteiger partial charge in [-0.15, -0.1) is 0 Å². The van der Waals surface area contributed by atoms with E-state index in [1.54, 1.807) is 36.1 Å². The molecule has 3 rings (SSSR count). The maximum atomic E-state index is 13.5. The van der Waals surface area contributed by atoms with E-state index in [9.17, 15) is 19.2 Å². The third-order valence-electron chi connectivity index (χ3n) is 5.59. The molecule has 1 unspecified atom stereocenters. The van der Waals surface area contributed by atoms with Gasteiger partial charge in [0.05, 0.1) is 50.2 Å². The number of nitrogens with zero attached hydrogens (tertiary/aromatic N) is 2. The molecular weight excluding hydrogens is 432 g/mol. The molecule has 1 saturated heterocycles. The highest BCUT2D eigenvalue weighted by Gasteiger charge is 2.36. The van der Waals surface area contributed by atoms with Crippen LogP contribution in [0.5, 0.6) is 0 Å². The van der Waals surface area contributed by atoms with Gasteiger partial charge in [-0.1, -0.05) is 12.1 Å². The molecule has 2 aliphatic rings. The molecule has 1 atom stereocenters. The average Bonchev–Trinajstić information content (AvgIpc) is 2.87. The monoisotopic (exact) mass is 460 g/mol. The zero-order valence-electron chi connectivity index (χ0n) is 19.0.